The second-order valence-electron chi connectivity index (χ2n) is 27.3. The van der Waals surface area contributed by atoms with Gasteiger partial charge in [0.05, 0.1) is 59.5 Å². The molecule has 30 N–H and O–H groups in total. The maximum Gasteiger partial charge on any atom is 0.469 e. The van der Waals surface area contributed by atoms with Crippen LogP contribution >= 0.6 is 7.82 Å². The molecule has 9 aliphatic rings. The number of aliphatic hydroxyl groups excluding tert-OH is 26. The zero-order valence-corrected chi connectivity index (χ0v) is 58.8. The lowest BCUT2D eigenvalue weighted by Gasteiger charge is -2.50. The molecule has 0 aromatic carbocycles. The molecule has 2 amide bonds. The van der Waals surface area contributed by atoms with E-state index in [0.29, 0.717) is 0 Å². The van der Waals surface area contributed by atoms with Gasteiger partial charge in [0.1, 0.15) is 220 Å². The number of carbonyl (C=O) groups is 2. The van der Waals surface area contributed by atoms with Crippen LogP contribution in [0.2, 0.25) is 0 Å². The molecule has 0 aromatic rings. The molecule has 0 spiro atoms. The van der Waals surface area contributed by atoms with E-state index in [1.807, 2.05) is 0 Å². The largest absolute Gasteiger partial charge is 0.469 e. The number of amides is 2. The van der Waals surface area contributed by atoms with Crippen molar-refractivity contribution in [3.63, 3.8) is 0 Å². The van der Waals surface area contributed by atoms with Crippen LogP contribution in [-0.2, 0) is 99.2 Å². The average Bonchev–Trinajstić information content (AvgIpc) is 0.764. The number of nitrogens with one attached hydrogen (secondary N) is 2. The van der Waals surface area contributed by atoms with E-state index >= 15 is 0 Å². The Morgan fingerprint density at radius 3 is 1.01 bits per heavy atom. The summed E-state index contributed by atoms with van der Waals surface area (Å²) in [5.74, 6) is -1.75. The van der Waals surface area contributed by atoms with Crippen LogP contribution in [0.25, 0.3) is 0 Å². The van der Waals surface area contributed by atoms with E-state index in [1.54, 1.807) is 0 Å². The van der Waals surface area contributed by atoms with Crippen LogP contribution < -0.4 is 10.6 Å². The average molecular weight is 1640 g/mol. The Hall–Kier alpha value is -2.67. The number of carbonyl (C=O) groups excluding carboxylic acids is 2. The summed E-state index contributed by atoms with van der Waals surface area (Å²) in [6.07, 6.45) is -92.8. The van der Waals surface area contributed by atoms with E-state index in [1.165, 1.54) is 0 Å². The minimum absolute atomic E-state index is 0.794. The summed E-state index contributed by atoms with van der Waals surface area (Å²) in [7, 11) is -5.30. The lowest BCUT2D eigenvalue weighted by molar-refractivity contribution is -0.399. The molecule has 52 heteroatoms. The number of hydrogen-bond acceptors (Lipinski definition) is 47. The summed E-state index contributed by atoms with van der Waals surface area (Å²) in [4.78, 5) is 43.7. The zero-order chi connectivity index (χ0) is 81.1. The second kappa shape index (κ2) is 39.3. The van der Waals surface area contributed by atoms with Crippen molar-refractivity contribution in [1.82, 2.24) is 10.6 Å². The molecular weight excluding hydrogens is 1540 g/mol. The number of aliphatic hydroxyl groups is 26. The SMILES string of the molecule is CC(=O)N[C@H]1[C@H](O[C@H]2[C@H](O)[C@@H](NC(C)=O)C(O)O[C@@H]2CO)O[C@H](CO)[C@@H](O[C@@H]2O[C@H](CO[C@H]3O[C@H](CO[C@H]4O[C@H](CO)[C@@H](O)[C@H](O)[C@@H]4O[C@H]4O[C@H](COP(=O)(O)O)[C@@H](O)[C@H](O)[C@@H]4O)[C@@H](O)[C@H](O[C@H]4O[C@H](CO)[C@@H](O)[C@H](O)[C@@H]4O)[C@@H]3O)[C@@H](O)[C@H](O[C@H]3O[C@H](CO)[C@@H](O)[C@H](O)[C@@H]3O[C@H]3O[C@H](CO)[C@@H](O)[C@H](O)[C@@H]3O)[C@@H]2O)[C@@H]1O. The fourth-order valence-electron chi connectivity index (χ4n) is 13.7. The minimum Gasteiger partial charge on any atom is -0.394 e. The predicted molar refractivity (Wildman–Crippen MR) is 331 cm³/mol. The molecule has 1 unspecified atom stereocenters. The molecule has 9 aliphatic heterocycles. The van der Waals surface area contributed by atoms with Crippen molar-refractivity contribution in [2.45, 2.75) is 290 Å². The molecule has 0 radical (unpaired) electrons. The zero-order valence-electron chi connectivity index (χ0n) is 57.9. The Labute approximate surface area is 620 Å². The number of phosphoric ester groups is 1. The molecule has 0 bridgehead atoms. The van der Waals surface area contributed by atoms with Crippen molar-refractivity contribution in [3.8, 4) is 0 Å². The molecule has 9 rings (SSSR count). The van der Waals surface area contributed by atoms with Gasteiger partial charge in [-0.15, -0.1) is 0 Å². The maximum atomic E-state index is 12.9. The number of ether oxygens (including phenoxy) is 17. The van der Waals surface area contributed by atoms with Crippen LogP contribution in [0, 0.1) is 0 Å². The van der Waals surface area contributed by atoms with Crippen LogP contribution in [0.15, 0.2) is 0 Å². The standard InChI is InChI=1S/C58H99N2O49P/c1-12(67)59-23-32(76)44(18(7-65)95-50(23)88)104-51-24(60-13(2)68)33(77)45(19(8-66)100-51)105-56-43(87)47(107-58-49(38(82)28(72)17(6-64)99-58)109-54-40(84)35(79)26(70)15(4-62)97-54)31(75)21(102-56)9-92-52-42(86)46(106-53-39(83)34(78)25(69)14(3-61)96-53)30(74)20(101-52)10-93-57-48(37(81)27(71)16(5-63)98-57)108-55-41(85)36(80)29(73)22(103-55)11-94-110(89,90)91/h14-58,61-66,69-88H,3-11H2,1-2H3,(H,59,67)(H,60,68)(H2,89,90,91)/t14-,15-,16-,17-,18-,19-,20-,21-,22-,23-,24-,25-,26-,27-,28-,29-,30-,31-,32-,33-,34+,35+,36+,37+,38+,39+,40+,41+,42+,43+,44-,45-,46+,47+,48+,49+,50?,51+,52+,53-,54-,55-,56+,57+,58-/m1/s1. The van der Waals surface area contributed by atoms with Crippen LogP contribution in [0.5, 0.6) is 0 Å². The Bertz CT molecular complexity index is 2910. The third-order valence-corrected chi connectivity index (χ3v) is 20.3. The molecule has 9 heterocycles. The summed E-state index contributed by atoms with van der Waals surface area (Å²) in [5.41, 5.74) is 0. The summed E-state index contributed by atoms with van der Waals surface area (Å²) >= 11 is 0. The smallest absolute Gasteiger partial charge is 0.394 e. The van der Waals surface area contributed by atoms with Crippen molar-refractivity contribution in [3.05, 3.63) is 0 Å². The van der Waals surface area contributed by atoms with Crippen molar-refractivity contribution >= 4 is 19.6 Å². The van der Waals surface area contributed by atoms with Gasteiger partial charge in [-0.05, 0) is 0 Å². The molecule has 0 saturated carbocycles. The molecule has 110 heavy (non-hydrogen) atoms. The fourth-order valence-corrected chi connectivity index (χ4v) is 14.0. The first-order valence-corrected chi connectivity index (χ1v) is 35.9. The Morgan fingerprint density at radius 2 is 0.573 bits per heavy atom. The van der Waals surface area contributed by atoms with Gasteiger partial charge >= 0.3 is 7.82 Å². The summed E-state index contributed by atoms with van der Waals surface area (Å²) in [5, 5.41) is 292. The van der Waals surface area contributed by atoms with Gasteiger partial charge in [0.25, 0.3) is 0 Å². The van der Waals surface area contributed by atoms with E-state index in [-0.39, 0.29) is 0 Å². The van der Waals surface area contributed by atoms with Crippen molar-refractivity contribution in [2.24, 2.45) is 0 Å². The molecule has 45 atom stereocenters. The van der Waals surface area contributed by atoms with Crippen molar-refractivity contribution in [1.29, 1.82) is 0 Å². The number of rotatable bonds is 29. The first kappa shape index (κ1) is 91.2. The first-order chi connectivity index (χ1) is 51.8. The van der Waals surface area contributed by atoms with Crippen LogP contribution in [0.3, 0.4) is 0 Å². The molecule has 0 aliphatic carbocycles. The van der Waals surface area contributed by atoms with E-state index in [9.17, 15) is 157 Å². The van der Waals surface area contributed by atoms with E-state index < -0.39 is 355 Å². The Morgan fingerprint density at radius 1 is 0.282 bits per heavy atom. The number of hydrogen-bond donors (Lipinski definition) is 30. The first-order valence-electron chi connectivity index (χ1n) is 34.4. The fraction of sp³-hybridized carbons (Fsp3) is 0.966. The molecule has 9 saturated heterocycles. The second-order valence-corrected chi connectivity index (χ2v) is 28.6. The molecule has 640 valence electrons. The third-order valence-electron chi connectivity index (χ3n) is 19.8. The quantitative estimate of drug-likeness (QED) is 0.0309. The van der Waals surface area contributed by atoms with Gasteiger partial charge in [-0.3, -0.25) is 14.1 Å². The molecule has 51 nitrogen and oxygen atoms in total. The van der Waals surface area contributed by atoms with E-state index in [2.05, 4.69) is 15.2 Å². The van der Waals surface area contributed by atoms with Gasteiger partial charge in [0, 0.05) is 13.8 Å². The molecular formula is C58H99N2O49P. The summed E-state index contributed by atoms with van der Waals surface area (Å²) in [6.45, 7) is -8.24. The van der Waals surface area contributed by atoms with Gasteiger partial charge in [-0.1, -0.05) is 0 Å². The van der Waals surface area contributed by atoms with Gasteiger partial charge in [0.2, 0.25) is 11.8 Å². The lowest BCUT2D eigenvalue weighted by atomic mass is 9.94. The van der Waals surface area contributed by atoms with E-state index in [0.717, 1.165) is 13.8 Å². The predicted octanol–water partition coefficient (Wildman–Crippen LogP) is -20.2. The van der Waals surface area contributed by atoms with Crippen LogP contribution in [0.1, 0.15) is 13.8 Å². The summed E-state index contributed by atoms with van der Waals surface area (Å²) < 4.78 is 115. The summed E-state index contributed by atoms with van der Waals surface area (Å²) in [6, 6.07) is -3.59. The topological polar surface area (TPSA) is 808 Å². The van der Waals surface area contributed by atoms with Gasteiger partial charge in [-0.25, -0.2) is 4.57 Å². The molecule has 9 fully saturated rings. The Kier molecular flexibility index (Phi) is 32.6. The number of phosphoric acid groups is 1. The van der Waals surface area contributed by atoms with Gasteiger partial charge in [0.15, 0.2) is 56.6 Å². The van der Waals surface area contributed by atoms with Crippen molar-refractivity contribution < 1.29 is 242 Å². The highest BCUT2D eigenvalue weighted by Crippen LogP contribution is 2.41. The molecule has 0 aromatic heterocycles. The normalized spacial score (nSPS) is 49.9. The van der Waals surface area contributed by atoms with E-state index in [4.69, 9.17) is 80.5 Å². The third kappa shape index (κ3) is 20.4. The highest BCUT2D eigenvalue weighted by Gasteiger charge is 2.60. The van der Waals surface area contributed by atoms with Crippen LogP contribution in [0.4, 0.5) is 0 Å². The van der Waals surface area contributed by atoms with Crippen LogP contribution in [-0.4, -0.2) is 490 Å². The maximum absolute atomic E-state index is 12.9. The highest BCUT2D eigenvalue weighted by atomic mass is 31.2. The van der Waals surface area contributed by atoms with Gasteiger partial charge < -0.3 is 234 Å². The lowest BCUT2D eigenvalue weighted by Crippen LogP contribution is -2.70. The van der Waals surface area contributed by atoms with Gasteiger partial charge in [-0.2, -0.15) is 0 Å². The monoisotopic (exact) mass is 1640 g/mol. The van der Waals surface area contributed by atoms with Crippen molar-refractivity contribution in [2.75, 3.05) is 59.5 Å². The minimum atomic E-state index is -5.30. The Balaban J connectivity index is 1.05. The highest BCUT2D eigenvalue weighted by molar-refractivity contribution is 7.46.